The molecule has 2 heterocycles. The van der Waals surface area contributed by atoms with E-state index in [1.54, 1.807) is 0 Å². The second-order valence-electron chi connectivity index (χ2n) is 5.44. The third-order valence-corrected chi connectivity index (χ3v) is 3.74. The van der Waals surface area contributed by atoms with Crippen LogP contribution in [0.25, 0.3) is 0 Å². The molecule has 6 nitrogen and oxygen atoms in total. The number of nitrogens with one attached hydrogen (secondary N) is 1. The van der Waals surface area contributed by atoms with E-state index in [9.17, 15) is 4.79 Å². The van der Waals surface area contributed by atoms with Crippen molar-refractivity contribution in [1.82, 2.24) is 14.9 Å². The molecule has 114 valence electrons. The van der Waals surface area contributed by atoms with Crippen LogP contribution in [0.3, 0.4) is 0 Å². The standard InChI is InChI=1S/C16H18N4O2/c21-16(22)14-8-18-15(9-17-14)19-13-6-7-20(11-13)10-12-4-2-1-3-5-12/h1-5,8-9,13H,6-7,10-11H2,(H,18,19)(H,21,22). The second kappa shape index (κ2) is 6.53. The van der Waals surface area contributed by atoms with Crippen molar-refractivity contribution < 1.29 is 9.90 Å². The van der Waals surface area contributed by atoms with Gasteiger partial charge in [0.2, 0.25) is 0 Å². The van der Waals surface area contributed by atoms with Crippen LogP contribution in [0, 0.1) is 0 Å². The first-order chi connectivity index (χ1) is 10.7. The van der Waals surface area contributed by atoms with Crippen LogP contribution >= 0.6 is 0 Å². The quantitative estimate of drug-likeness (QED) is 0.877. The summed E-state index contributed by atoms with van der Waals surface area (Å²) < 4.78 is 0. The highest BCUT2D eigenvalue weighted by Crippen LogP contribution is 2.16. The third kappa shape index (κ3) is 3.59. The van der Waals surface area contributed by atoms with Gasteiger partial charge in [-0.05, 0) is 12.0 Å². The minimum absolute atomic E-state index is 0.0392. The van der Waals surface area contributed by atoms with Crippen LogP contribution in [0.2, 0.25) is 0 Å². The Bertz CT molecular complexity index is 630. The van der Waals surface area contributed by atoms with Gasteiger partial charge in [-0.15, -0.1) is 0 Å². The Morgan fingerprint density at radius 1 is 1.27 bits per heavy atom. The number of anilines is 1. The number of carboxylic acids is 1. The molecule has 1 fully saturated rings. The highest BCUT2D eigenvalue weighted by Gasteiger charge is 2.22. The Morgan fingerprint density at radius 2 is 2.09 bits per heavy atom. The van der Waals surface area contributed by atoms with E-state index in [0.717, 1.165) is 26.1 Å². The highest BCUT2D eigenvalue weighted by atomic mass is 16.4. The molecule has 0 aliphatic carbocycles. The second-order valence-corrected chi connectivity index (χ2v) is 5.44. The molecule has 0 bridgehead atoms. The summed E-state index contributed by atoms with van der Waals surface area (Å²) in [6.45, 7) is 2.92. The zero-order chi connectivity index (χ0) is 15.4. The highest BCUT2D eigenvalue weighted by molar-refractivity contribution is 5.84. The molecule has 1 atom stereocenters. The largest absolute Gasteiger partial charge is 0.476 e. The molecular formula is C16H18N4O2. The van der Waals surface area contributed by atoms with Crippen LogP contribution in [0.5, 0.6) is 0 Å². The first-order valence-electron chi connectivity index (χ1n) is 7.29. The lowest BCUT2D eigenvalue weighted by atomic mass is 10.2. The number of aromatic carboxylic acids is 1. The van der Waals surface area contributed by atoms with Crippen LogP contribution in [0.4, 0.5) is 5.82 Å². The van der Waals surface area contributed by atoms with E-state index in [2.05, 4.69) is 44.5 Å². The Morgan fingerprint density at radius 3 is 2.77 bits per heavy atom. The predicted molar refractivity (Wildman–Crippen MR) is 82.7 cm³/mol. The van der Waals surface area contributed by atoms with E-state index < -0.39 is 5.97 Å². The van der Waals surface area contributed by atoms with E-state index in [-0.39, 0.29) is 5.69 Å². The SMILES string of the molecule is O=C(O)c1cnc(NC2CCN(Cc3ccccc3)C2)cn1. The number of hydrogen-bond donors (Lipinski definition) is 2. The van der Waals surface area contributed by atoms with Crippen LogP contribution in [-0.4, -0.2) is 45.1 Å². The average Bonchev–Trinajstić information content (AvgIpc) is 2.96. The zero-order valence-electron chi connectivity index (χ0n) is 12.1. The van der Waals surface area contributed by atoms with Crippen molar-refractivity contribution in [2.75, 3.05) is 18.4 Å². The lowest BCUT2D eigenvalue weighted by Crippen LogP contribution is -2.26. The molecule has 1 unspecified atom stereocenters. The van der Waals surface area contributed by atoms with E-state index in [0.29, 0.717) is 11.9 Å². The van der Waals surface area contributed by atoms with Crippen LogP contribution in [0.15, 0.2) is 42.7 Å². The van der Waals surface area contributed by atoms with E-state index in [1.807, 2.05) is 6.07 Å². The smallest absolute Gasteiger partial charge is 0.356 e. The molecule has 1 aromatic heterocycles. The van der Waals surface area contributed by atoms with Crippen LogP contribution in [-0.2, 0) is 6.54 Å². The average molecular weight is 298 g/mol. The Balaban J connectivity index is 1.53. The molecule has 0 spiro atoms. The number of aromatic nitrogens is 2. The number of hydrogen-bond acceptors (Lipinski definition) is 5. The Labute approximate surface area is 128 Å². The molecule has 22 heavy (non-hydrogen) atoms. The minimum Gasteiger partial charge on any atom is -0.476 e. The van der Waals surface area contributed by atoms with Gasteiger partial charge >= 0.3 is 5.97 Å². The number of rotatable bonds is 5. The minimum atomic E-state index is -1.06. The molecule has 0 radical (unpaired) electrons. The summed E-state index contributed by atoms with van der Waals surface area (Å²) in [5, 5.41) is 12.1. The maximum atomic E-state index is 10.7. The normalized spacial score (nSPS) is 18.3. The van der Waals surface area contributed by atoms with E-state index in [4.69, 9.17) is 5.11 Å². The van der Waals surface area contributed by atoms with Gasteiger partial charge in [0.15, 0.2) is 5.69 Å². The van der Waals surface area contributed by atoms with Gasteiger partial charge in [-0.3, -0.25) is 4.90 Å². The van der Waals surface area contributed by atoms with Crippen molar-refractivity contribution in [2.24, 2.45) is 0 Å². The molecule has 2 N–H and O–H groups in total. The van der Waals surface area contributed by atoms with Crippen molar-refractivity contribution in [2.45, 2.75) is 19.0 Å². The maximum Gasteiger partial charge on any atom is 0.356 e. The monoisotopic (exact) mass is 298 g/mol. The number of benzene rings is 1. The fourth-order valence-electron chi connectivity index (χ4n) is 2.66. The Hall–Kier alpha value is -2.47. The summed E-state index contributed by atoms with van der Waals surface area (Å²) >= 11 is 0. The molecule has 1 aliphatic heterocycles. The molecule has 6 heteroatoms. The zero-order valence-corrected chi connectivity index (χ0v) is 12.1. The van der Waals surface area contributed by atoms with Crippen molar-refractivity contribution in [1.29, 1.82) is 0 Å². The van der Waals surface area contributed by atoms with Gasteiger partial charge in [-0.25, -0.2) is 14.8 Å². The van der Waals surface area contributed by atoms with Crippen LogP contribution in [0.1, 0.15) is 22.5 Å². The molecule has 1 aromatic carbocycles. The third-order valence-electron chi connectivity index (χ3n) is 3.74. The van der Waals surface area contributed by atoms with Gasteiger partial charge in [0.1, 0.15) is 5.82 Å². The Kier molecular flexibility index (Phi) is 4.29. The van der Waals surface area contributed by atoms with Crippen molar-refractivity contribution in [3.05, 3.63) is 54.0 Å². The molecular weight excluding hydrogens is 280 g/mol. The van der Waals surface area contributed by atoms with Gasteiger partial charge in [0, 0.05) is 25.7 Å². The lowest BCUT2D eigenvalue weighted by Gasteiger charge is -2.17. The summed E-state index contributed by atoms with van der Waals surface area (Å²) in [7, 11) is 0. The fourth-order valence-corrected chi connectivity index (χ4v) is 2.66. The van der Waals surface area contributed by atoms with Crippen LogP contribution < -0.4 is 5.32 Å². The summed E-state index contributed by atoms with van der Waals surface area (Å²) in [4.78, 5) is 21.1. The van der Waals surface area contributed by atoms with Gasteiger partial charge in [-0.1, -0.05) is 30.3 Å². The van der Waals surface area contributed by atoms with Gasteiger partial charge < -0.3 is 10.4 Å². The predicted octanol–water partition coefficient (Wildman–Crippen LogP) is 1.86. The maximum absolute atomic E-state index is 10.7. The molecule has 2 aromatic rings. The summed E-state index contributed by atoms with van der Waals surface area (Å²) in [6.07, 6.45) is 3.79. The summed E-state index contributed by atoms with van der Waals surface area (Å²) in [6, 6.07) is 10.7. The number of likely N-dealkylation sites (tertiary alicyclic amines) is 1. The first-order valence-corrected chi connectivity index (χ1v) is 7.29. The molecule has 0 saturated carbocycles. The van der Waals surface area contributed by atoms with E-state index >= 15 is 0 Å². The van der Waals surface area contributed by atoms with E-state index in [1.165, 1.54) is 18.0 Å². The molecule has 1 saturated heterocycles. The molecule has 3 rings (SSSR count). The van der Waals surface area contributed by atoms with Crippen molar-refractivity contribution >= 4 is 11.8 Å². The van der Waals surface area contributed by atoms with Gasteiger partial charge in [0.25, 0.3) is 0 Å². The summed E-state index contributed by atoms with van der Waals surface area (Å²) in [5.41, 5.74) is 1.27. The van der Waals surface area contributed by atoms with Gasteiger partial charge in [-0.2, -0.15) is 0 Å². The molecule has 1 aliphatic rings. The van der Waals surface area contributed by atoms with Crippen molar-refractivity contribution in [3.8, 4) is 0 Å². The summed E-state index contributed by atoms with van der Waals surface area (Å²) in [5.74, 6) is -0.439. The number of nitrogens with zero attached hydrogens (tertiary/aromatic N) is 3. The number of carbonyl (C=O) groups is 1. The van der Waals surface area contributed by atoms with Gasteiger partial charge in [0.05, 0.1) is 12.4 Å². The van der Waals surface area contributed by atoms with Crippen molar-refractivity contribution in [3.63, 3.8) is 0 Å². The number of carboxylic acid groups (broad SMARTS) is 1. The topological polar surface area (TPSA) is 78.3 Å². The fraction of sp³-hybridized carbons (Fsp3) is 0.312. The first kappa shape index (κ1) is 14.5. The lowest BCUT2D eigenvalue weighted by molar-refractivity contribution is 0.0690. The molecule has 0 amide bonds.